The molecule has 10 heavy (non-hydrogen) atoms. The summed E-state index contributed by atoms with van der Waals surface area (Å²) in [5.41, 5.74) is 0. The summed E-state index contributed by atoms with van der Waals surface area (Å²) in [5.74, 6) is 0.535. The van der Waals surface area contributed by atoms with E-state index in [9.17, 15) is 9.11 Å². The highest BCUT2D eigenvalue weighted by molar-refractivity contribution is 8.22. The zero-order valence-electron chi connectivity index (χ0n) is 6.05. The van der Waals surface area contributed by atoms with Crippen LogP contribution in [0.15, 0.2) is 0 Å². The minimum atomic E-state index is -2.39. The van der Waals surface area contributed by atoms with Crippen molar-refractivity contribution in [3.63, 3.8) is 0 Å². The normalized spacial score (nSPS) is 30.2. The molecule has 0 bridgehead atoms. The average molecular weight is 167 g/mol. The third-order valence-electron chi connectivity index (χ3n) is 1.69. The molecule has 0 radical (unpaired) electrons. The van der Waals surface area contributed by atoms with Gasteiger partial charge in [-0.3, -0.25) is 9.11 Å². The predicted octanol–water partition coefficient (Wildman–Crippen LogP) is 2.06. The van der Waals surface area contributed by atoms with Crippen molar-refractivity contribution in [3.8, 4) is 0 Å². The van der Waals surface area contributed by atoms with E-state index in [4.69, 9.17) is 0 Å². The van der Waals surface area contributed by atoms with Gasteiger partial charge in [0.25, 0.3) is 0 Å². The third kappa shape index (κ3) is 2.88. The molecule has 0 amide bonds. The van der Waals surface area contributed by atoms with Gasteiger partial charge in [0.2, 0.25) is 0 Å². The van der Waals surface area contributed by atoms with Crippen LogP contribution in [0.2, 0.25) is 0 Å². The standard InChI is InChI=1S/C6H15NO2S.H2/c8-10(9)6-4-2-1-3-5-7-10;/h7-9H,1-6H2;1H. The van der Waals surface area contributed by atoms with E-state index in [1.54, 1.807) is 0 Å². The molecule has 3 N–H and O–H groups in total. The van der Waals surface area contributed by atoms with Crippen molar-refractivity contribution >= 4 is 10.8 Å². The third-order valence-corrected chi connectivity index (χ3v) is 3.21. The minimum absolute atomic E-state index is 0. The number of nitrogens with one attached hydrogen (secondary N) is 1. The maximum atomic E-state index is 9.21. The van der Waals surface area contributed by atoms with Crippen LogP contribution in [0.4, 0.5) is 0 Å². The van der Waals surface area contributed by atoms with Crippen molar-refractivity contribution in [1.29, 1.82) is 0 Å². The van der Waals surface area contributed by atoms with Crippen molar-refractivity contribution in [2.24, 2.45) is 0 Å². The van der Waals surface area contributed by atoms with Gasteiger partial charge in [-0.25, -0.2) is 4.72 Å². The topological polar surface area (TPSA) is 52.5 Å². The average Bonchev–Trinajstić information content (AvgIpc) is 1.81. The molecule has 0 unspecified atom stereocenters. The summed E-state index contributed by atoms with van der Waals surface area (Å²) in [6.07, 6.45) is 4.35. The monoisotopic (exact) mass is 167 g/mol. The maximum absolute atomic E-state index is 9.21. The molecule has 1 fully saturated rings. The van der Waals surface area contributed by atoms with Crippen molar-refractivity contribution in [1.82, 2.24) is 4.72 Å². The SMILES string of the molecule is OS1(O)CCCCCCN1.[HH]. The van der Waals surface area contributed by atoms with E-state index in [1.807, 2.05) is 0 Å². The second kappa shape index (κ2) is 3.57. The molecule has 0 aliphatic carbocycles. The van der Waals surface area contributed by atoms with E-state index >= 15 is 0 Å². The van der Waals surface area contributed by atoms with Gasteiger partial charge in [-0.05, 0) is 12.8 Å². The fraction of sp³-hybridized carbons (Fsp3) is 1.00. The molecule has 1 saturated heterocycles. The van der Waals surface area contributed by atoms with Gasteiger partial charge in [0.05, 0.1) is 5.75 Å². The smallest absolute Gasteiger partial charge is 0.0528 e. The Balaban J connectivity index is 0.000001000. The highest BCUT2D eigenvalue weighted by Crippen LogP contribution is 2.35. The summed E-state index contributed by atoms with van der Waals surface area (Å²) in [7, 11) is -2.39. The Bertz CT molecular complexity index is 103. The Hall–Kier alpha value is 0.230. The molecule has 64 valence electrons. The summed E-state index contributed by atoms with van der Waals surface area (Å²) < 4.78 is 21.2. The Morgan fingerprint density at radius 3 is 2.60 bits per heavy atom. The number of rotatable bonds is 0. The van der Waals surface area contributed by atoms with E-state index in [0.717, 1.165) is 25.8 Å². The van der Waals surface area contributed by atoms with Gasteiger partial charge in [0.1, 0.15) is 0 Å². The molecule has 1 aliphatic rings. The minimum Gasteiger partial charge on any atom is -0.286 e. The first-order chi connectivity index (χ1) is 4.71. The number of hydrogen-bond acceptors (Lipinski definition) is 3. The summed E-state index contributed by atoms with van der Waals surface area (Å²) in [6, 6.07) is 0. The molecule has 0 aromatic rings. The highest BCUT2D eigenvalue weighted by Gasteiger charge is 2.11. The van der Waals surface area contributed by atoms with Crippen LogP contribution in [-0.2, 0) is 0 Å². The Labute approximate surface area is 64.8 Å². The van der Waals surface area contributed by atoms with Crippen LogP contribution >= 0.6 is 10.8 Å². The fourth-order valence-corrected chi connectivity index (χ4v) is 2.31. The van der Waals surface area contributed by atoms with Crippen LogP contribution < -0.4 is 4.72 Å². The van der Waals surface area contributed by atoms with Gasteiger partial charge in [-0.1, -0.05) is 12.8 Å². The summed E-state index contributed by atoms with van der Waals surface area (Å²) in [5, 5.41) is 0. The molecule has 0 aromatic carbocycles. The highest BCUT2D eigenvalue weighted by atomic mass is 32.3. The second-order valence-corrected chi connectivity index (χ2v) is 4.71. The van der Waals surface area contributed by atoms with Crippen molar-refractivity contribution in [2.75, 3.05) is 12.3 Å². The lowest BCUT2D eigenvalue weighted by molar-refractivity contribution is 0.456. The molecular formula is C6H17NO2S. The van der Waals surface area contributed by atoms with Crippen molar-refractivity contribution in [2.45, 2.75) is 25.7 Å². The summed E-state index contributed by atoms with van der Waals surface area (Å²) in [6.45, 7) is 0.752. The molecule has 1 rings (SSSR count). The molecule has 0 saturated carbocycles. The molecule has 1 heterocycles. The van der Waals surface area contributed by atoms with E-state index in [2.05, 4.69) is 4.72 Å². The molecular weight excluding hydrogens is 150 g/mol. The molecule has 0 spiro atoms. The molecule has 1 aliphatic heterocycles. The van der Waals surface area contributed by atoms with Gasteiger partial charge >= 0.3 is 0 Å². The largest absolute Gasteiger partial charge is 0.286 e. The van der Waals surface area contributed by atoms with Crippen molar-refractivity contribution < 1.29 is 10.5 Å². The lowest BCUT2D eigenvalue weighted by Gasteiger charge is -2.34. The van der Waals surface area contributed by atoms with E-state index in [0.29, 0.717) is 5.75 Å². The lowest BCUT2D eigenvalue weighted by atomic mass is 10.2. The van der Waals surface area contributed by atoms with E-state index in [1.165, 1.54) is 6.42 Å². The zero-order chi connectivity index (χ0) is 7.45. The van der Waals surface area contributed by atoms with Gasteiger partial charge in [-0.2, -0.15) is 0 Å². The van der Waals surface area contributed by atoms with Crippen LogP contribution in [0.1, 0.15) is 27.1 Å². The second-order valence-electron chi connectivity index (χ2n) is 2.68. The lowest BCUT2D eigenvalue weighted by Crippen LogP contribution is -2.25. The van der Waals surface area contributed by atoms with Gasteiger partial charge in [0, 0.05) is 7.97 Å². The fourth-order valence-electron chi connectivity index (χ4n) is 1.09. The van der Waals surface area contributed by atoms with Crippen molar-refractivity contribution in [3.05, 3.63) is 0 Å². The quantitative estimate of drug-likeness (QED) is 0.517. The van der Waals surface area contributed by atoms with Crippen LogP contribution in [0.25, 0.3) is 0 Å². The summed E-state index contributed by atoms with van der Waals surface area (Å²) >= 11 is 0. The van der Waals surface area contributed by atoms with Crippen LogP contribution in [0.5, 0.6) is 0 Å². The van der Waals surface area contributed by atoms with Gasteiger partial charge < -0.3 is 0 Å². The van der Waals surface area contributed by atoms with E-state index in [-0.39, 0.29) is 1.43 Å². The predicted molar refractivity (Wildman–Crippen MR) is 46.3 cm³/mol. The van der Waals surface area contributed by atoms with Gasteiger partial charge in [-0.15, -0.1) is 10.8 Å². The molecule has 0 aromatic heterocycles. The van der Waals surface area contributed by atoms with Crippen LogP contribution in [0.3, 0.4) is 0 Å². The Kier molecular flexibility index (Phi) is 2.97. The molecule has 3 nitrogen and oxygen atoms in total. The first-order valence-electron chi connectivity index (χ1n) is 3.71. The van der Waals surface area contributed by atoms with E-state index < -0.39 is 10.8 Å². The van der Waals surface area contributed by atoms with Crippen LogP contribution in [-0.4, -0.2) is 21.4 Å². The first-order valence-corrected chi connectivity index (χ1v) is 5.43. The Morgan fingerprint density at radius 1 is 1.10 bits per heavy atom. The Morgan fingerprint density at radius 2 is 1.80 bits per heavy atom. The zero-order valence-corrected chi connectivity index (χ0v) is 6.86. The molecule has 4 heteroatoms. The number of hydrogen-bond donors (Lipinski definition) is 3. The van der Waals surface area contributed by atoms with Gasteiger partial charge in [0.15, 0.2) is 0 Å². The first kappa shape index (κ1) is 8.33. The maximum Gasteiger partial charge on any atom is 0.0528 e. The molecule has 0 atom stereocenters. The van der Waals surface area contributed by atoms with Crippen LogP contribution in [0, 0.1) is 0 Å². The summed E-state index contributed by atoms with van der Waals surface area (Å²) in [4.78, 5) is 0.